The Bertz CT molecular complexity index is 437. The molecule has 0 rings (SSSR count). The van der Waals surface area contributed by atoms with Crippen molar-refractivity contribution in [3.63, 3.8) is 0 Å². The first-order chi connectivity index (χ1) is 9.14. The van der Waals surface area contributed by atoms with Gasteiger partial charge >= 0.3 is 17.9 Å². The molecule has 0 amide bonds. The molecule has 0 aromatic rings. The molecule has 0 saturated carbocycles. The van der Waals surface area contributed by atoms with Crippen LogP contribution in [-0.2, 0) is 14.4 Å². The zero-order valence-corrected chi connectivity index (χ0v) is 14.6. The van der Waals surface area contributed by atoms with Gasteiger partial charge in [0.2, 0.25) is 0 Å². The van der Waals surface area contributed by atoms with E-state index in [1.165, 1.54) is 6.92 Å². The fourth-order valence-electron chi connectivity index (χ4n) is 1.36. The van der Waals surface area contributed by atoms with Crippen LogP contribution >= 0.6 is 69.6 Å². The van der Waals surface area contributed by atoms with Crippen LogP contribution in [0.3, 0.4) is 0 Å². The Balaban J connectivity index is 6.59. The lowest BCUT2D eigenvalue weighted by atomic mass is 9.80. The van der Waals surface area contributed by atoms with E-state index in [1.54, 1.807) is 0 Å². The van der Waals surface area contributed by atoms with Crippen molar-refractivity contribution in [3.05, 3.63) is 0 Å². The molecule has 3 N–H and O–H groups in total. The Morgan fingerprint density at radius 2 is 1.05 bits per heavy atom. The molecule has 0 aliphatic heterocycles. The Kier molecular flexibility index (Phi) is 6.38. The van der Waals surface area contributed by atoms with Crippen molar-refractivity contribution in [2.45, 2.75) is 26.3 Å². The van der Waals surface area contributed by atoms with Gasteiger partial charge < -0.3 is 15.3 Å². The monoisotopic (exact) mass is 422 g/mol. The molecule has 0 spiro atoms. The van der Waals surface area contributed by atoms with Gasteiger partial charge in [-0.25, -0.2) is 0 Å². The first kappa shape index (κ1) is 21.1. The van der Waals surface area contributed by atoms with Crippen LogP contribution in [0.1, 0.15) is 13.3 Å². The summed E-state index contributed by atoms with van der Waals surface area (Å²) < 4.78 is -8.44. The van der Waals surface area contributed by atoms with Gasteiger partial charge in [-0.1, -0.05) is 76.5 Å². The molecule has 6 nitrogen and oxygen atoms in total. The summed E-state index contributed by atoms with van der Waals surface area (Å²) in [6.07, 6.45) is -0.251. The van der Waals surface area contributed by atoms with E-state index in [0.29, 0.717) is 0 Å². The van der Waals surface area contributed by atoms with Gasteiger partial charge in [-0.3, -0.25) is 14.4 Å². The summed E-state index contributed by atoms with van der Waals surface area (Å²) in [6, 6.07) is 0. The standard InChI is InChI=1S/C9H8Cl6O6/c1-2-6(10,11)8(12,13)9(14,15)7(3(16)17,4(18)19)5(20)21/h2H2,1H3,(H,16,17)(H,18,19)(H,20,21). The van der Waals surface area contributed by atoms with E-state index in [2.05, 4.69) is 0 Å². The van der Waals surface area contributed by atoms with E-state index in [1.807, 2.05) is 0 Å². The minimum atomic E-state index is -3.82. The molecule has 0 heterocycles. The molecule has 0 atom stereocenters. The summed E-state index contributed by atoms with van der Waals surface area (Å²) in [6.45, 7) is 1.35. The summed E-state index contributed by atoms with van der Waals surface area (Å²) in [5.41, 5.74) is -3.82. The molecule has 0 fully saturated rings. The molecule has 21 heavy (non-hydrogen) atoms. The quantitative estimate of drug-likeness (QED) is 0.427. The van der Waals surface area contributed by atoms with Gasteiger partial charge in [0.25, 0.3) is 5.41 Å². The van der Waals surface area contributed by atoms with E-state index in [9.17, 15) is 14.4 Å². The van der Waals surface area contributed by atoms with E-state index in [-0.39, 0.29) is 6.42 Å². The number of carbonyl (C=O) groups is 3. The predicted molar refractivity (Wildman–Crippen MR) is 78.9 cm³/mol. The van der Waals surface area contributed by atoms with E-state index in [4.69, 9.17) is 84.9 Å². The van der Waals surface area contributed by atoms with E-state index < -0.39 is 36.3 Å². The highest BCUT2D eigenvalue weighted by Gasteiger charge is 2.78. The normalized spacial score (nSPS) is 13.9. The van der Waals surface area contributed by atoms with Crippen LogP contribution in [0, 0.1) is 5.41 Å². The molecule has 0 aromatic heterocycles. The molecule has 122 valence electrons. The highest BCUT2D eigenvalue weighted by Crippen LogP contribution is 2.62. The maximum atomic E-state index is 11.3. The van der Waals surface area contributed by atoms with Crippen molar-refractivity contribution >= 4 is 87.5 Å². The molecule has 0 unspecified atom stereocenters. The predicted octanol–water partition coefficient (Wildman–Crippen LogP) is 3.16. The molecule has 0 radical (unpaired) electrons. The minimum Gasteiger partial charge on any atom is -0.480 e. The van der Waals surface area contributed by atoms with Crippen LogP contribution in [0.2, 0.25) is 0 Å². The highest BCUT2D eigenvalue weighted by atomic mass is 35.5. The lowest BCUT2D eigenvalue weighted by Crippen LogP contribution is -2.67. The fourth-order valence-corrected chi connectivity index (χ4v) is 3.20. The second-order valence-corrected chi connectivity index (χ2v) is 8.01. The number of aliphatic carboxylic acids is 3. The van der Waals surface area contributed by atoms with Crippen LogP contribution in [0.4, 0.5) is 0 Å². The van der Waals surface area contributed by atoms with Gasteiger partial charge in [0.15, 0.2) is 13.0 Å². The van der Waals surface area contributed by atoms with E-state index >= 15 is 0 Å². The third-order valence-corrected chi connectivity index (χ3v) is 6.95. The maximum absolute atomic E-state index is 11.3. The van der Waals surface area contributed by atoms with Gasteiger partial charge in [0.1, 0.15) is 0 Å². The van der Waals surface area contributed by atoms with Gasteiger partial charge in [-0.2, -0.15) is 0 Å². The summed E-state index contributed by atoms with van der Waals surface area (Å²) in [4.78, 5) is 33.8. The fraction of sp³-hybridized carbons (Fsp3) is 0.667. The Labute approximate surface area is 148 Å². The Morgan fingerprint density at radius 1 is 0.762 bits per heavy atom. The summed E-state index contributed by atoms with van der Waals surface area (Å²) in [5.74, 6) is -7.21. The molecule has 0 aromatic carbocycles. The molecule has 0 aliphatic rings. The SMILES string of the molecule is CCC(Cl)(Cl)C(Cl)(Cl)C(Cl)(Cl)C(C(=O)O)(C(=O)O)C(=O)O. The first-order valence-corrected chi connectivity index (χ1v) is 7.25. The lowest BCUT2D eigenvalue weighted by molar-refractivity contribution is -0.177. The third-order valence-electron chi connectivity index (χ3n) is 2.73. The average molecular weight is 425 g/mol. The smallest absolute Gasteiger partial charge is 0.336 e. The molecular formula is C9H8Cl6O6. The average Bonchev–Trinajstić information content (AvgIpc) is 2.26. The summed E-state index contributed by atoms with van der Waals surface area (Å²) in [5, 5.41) is 27.2. The Morgan fingerprint density at radius 3 is 1.24 bits per heavy atom. The largest absolute Gasteiger partial charge is 0.480 e. The van der Waals surface area contributed by atoms with Crippen LogP contribution < -0.4 is 0 Å². The number of alkyl halides is 6. The minimum absolute atomic E-state index is 0.251. The number of carboxylic acid groups (broad SMARTS) is 3. The van der Waals surface area contributed by atoms with Crippen molar-refractivity contribution in [2.24, 2.45) is 5.41 Å². The van der Waals surface area contributed by atoms with E-state index in [0.717, 1.165) is 0 Å². The lowest BCUT2D eigenvalue weighted by Gasteiger charge is -2.45. The topological polar surface area (TPSA) is 112 Å². The van der Waals surface area contributed by atoms with Gasteiger partial charge in [0.05, 0.1) is 0 Å². The van der Waals surface area contributed by atoms with Crippen LogP contribution in [0.25, 0.3) is 0 Å². The van der Waals surface area contributed by atoms with Crippen molar-refractivity contribution in [2.75, 3.05) is 0 Å². The summed E-state index contributed by atoms with van der Waals surface area (Å²) in [7, 11) is 0. The van der Waals surface area contributed by atoms with Crippen LogP contribution in [0.5, 0.6) is 0 Å². The zero-order chi connectivity index (χ0) is 17.4. The number of rotatable bonds is 7. The Hall–Kier alpha value is 0.150. The molecule has 0 saturated heterocycles. The van der Waals surface area contributed by atoms with Crippen molar-refractivity contribution in [3.8, 4) is 0 Å². The molecular weight excluding hydrogens is 417 g/mol. The molecule has 0 bridgehead atoms. The van der Waals surface area contributed by atoms with Gasteiger partial charge in [-0.15, -0.1) is 0 Å². The van der Waals surface area contributed by atoms with Crippen molar-refractivity contribution in [1.82, 2.24) is 0 Å². The second kappa shape index (κ2) is 6.34. The van der Waals surface area contributed by atoms with Crippen LogP contribution in [-0.4, -0.2) is 46.2 Å². The number of hydrogen-bond donors (Lipinski definition) is 3. The van der Waals surface area contributed by atoms with Crippen molar-refractivity contribution in [1.29, 1.82) is 0 Å². The van der Waals surface area contributed by atoms with Gasteiger partial charge in [-0.05, 0) is 6.42 Å². The van der Waals surface area contributed by atoms with Crippen LogP contribution in [0.15, 0.2) is 0 Å². The second-order valence-electron chi connectivity index (χ2n) is 3.87. The molecule has 0 aliphatic carbocycles. The number of hydrogen-bond acceptors (Lipinski definition) is 3. The highest BCUT2D eigenvalue weighted by molar-refractivity contribution is 6.71. The van der Waals surface area contributed by atoms with Gasteiger partial charge in [0, 0.05) is 0 Å². The first-order valence-electron chi connectivity index (χ1n) is 4.98. The molecule has 12 heteroatoms. The maximum Gasteiger partial charge on any atom is 0.336 e. The van der Waals surface area contributed by atoms with Crippen molar-refractivity contribution < 1.29 is 29.7 Å². The summed E-state index contributed by atoms with van der Waals surface area (Å²) >= 11 is 34.5. The number of halogens is 6. The third kappa shape index (κ3) is 2.86. The number of carboxylic acids is 3. The zero-order valence-electron chi connectivity index (χ0n) is 10.0.